The molecule has 0 heterocycles. The van der Waals surface area contributed by atoms with E-state index < -0.39 is 27.4 Å². The molecule has 0 aliphatic rings. The van der Waals surface area contributed by atoms with Gasteiger partial charge in [0.25, 0.3) is 5.91 Å². The van der Waals surface area contributed by atoms with Gasteiger partial charge in [-0.05, 0) is 59.7 Å². The summed E-state index contributed by atoms with van der Waals surface area (Å²) in [6.45, 7) is -0.0148. The Kier molecular flexibility index (Phi) is 7.22. The lowest BCUT2D eigenvalue weighted by molar-refractivity contribution is 0.102. The van der Waals surface area contributed by atoms with E-state index in [1.807, 2.05) is 0 Å². The fraction of sp³-hybridized carbons (Fsp3) is 0.0741. The van der Waals surface area contributed by atoms with E-state index in [9.17, 15) is 22.0 Å². The van der Waals surface area contributed by atoms with Crippen LogP contribution in [0.3, 0.4) is 0 Å². The Labute approximate surface area is 201 Å². The van der Waals surface area contributed by atoms with Crippen LogP contribution in [0, 0.1) is 11.6 Å². The predicted molar refractivity (Wildman–Crippen MR) is 129 cm³/mol. The molecule has 0 aromatic heterocycles. The van der Waals surface area contributed by atoms with E-state index in [1.165, 1.54) is 48.5 Å². The van der Waals surface area contributed by atoms with Gasteiger partial charge in [-0.15, -0.1) is 0 Å². The van der Waals surface area contributed by atoms with Crippen molar-refractivity contribution in [1.82, 2.24) is 0 Å². The van der Waals surface area contributed by atoms with Crippen LogP contribution in [0.5, 0.6) is 5.75 Å². The number of hydrogen-bond acceptors (Lipinski definition) is 4. The monoisotopic (exact) mass is 493 g/mol. The largest absolute Gasteiger partial charge is 0.486 e. The molecule has 0 radical (unpaired) electrons. The van der Waals surface area contributed by atoms with Gasteiger partial charge in [0, 0.05) is 17.3 Å². The van der Waals surface area contributed by atoms with Crippen LogP contribution in [0.4, 0.5) is 14.5 Å². The minimum atomic E-state index is -3.57. The molecule has 0 spiro atoms. The minimum Gasteiger partial charge on any atom is -0.486 e. The van der Waals surface area contributed by atoms with E-state index in [-0.39, 0.29) is 34.3 Å². The average Bonchev–Trinajstić information content (AvgIpc) is 2.84. The molecule has 1 N–H and O–H groups in total. The van der Waals surface area contributed by atoms with Crippen LogP contribution in [-0.4, -0.2) is 14.3 Å². The number of anilines is 1. The SMILES string of the molecule is O=C(Nc1ccc(OCc2cccc(F)c2)c(F)c1)c1cccc(CS(=O)(=O)c2ccccc2)c1. The fourth-order valence-electron chi connectivity index (χ4n) is 3.42. The predicted octanol–water partition coefficient (Wildman–Crippen LogP) is 5.77. The van der Waals surface area contributed by atoms with Gasteiger partial charge in [-0.3, -0.25) is 4.79 Å². The Bertz CT molecular complexity index is 1460. The molecule has 8 heteroatoms. The van der Waals surface area contributed by atoms with Gasteiger partial charge in [0.15, 0.2) is 21.4 Å². The second-order valence-corrected chi connectivity index (χ2v) is 9.78. The Morgan fingerprint density at radius 2 is 1.54 bits per heavy atom. The normalized spacial score (nSPS) is 11.1. The van der Waals surface area contributed by atoms with Gasteiger partial charge < -0.3 is 10.1 Å². The summed E-state index contributed by atoms with van der Waals surface area (Å²) < 4.78 is 58.4. The maximum Gasteiger partial charge on any atom is 0.255 e. The number of carbonyl (C=O) groups is 1. The molecule has 178 valence electrons. The average molecular weight is 494 g/mol. The number of halogens is 2. The molecule has 5 nitrogen and oxygen atoms in total. The summed E-state index contributed by atoms with van der Waals surface area (Å²) in [5.74, 6) is -1.92. The van der Waals surface area contributed by atoms with Crippen LogP contribution < -0.4 is 10.1 Å². The van der Waals surface area contributed by atoms with Crippen molar-refractivity contribution in [3.8, 4) is 5.75 Å². The number of ether oxygens (including phenoxy) is 1. The van der Waals surface area contributed by atoms with Crippen molar-refractivity contribution >= 4 is 21.4 Å². The zero-order valence-corrected chi connectivity index (χ0v) is 19.3. The molecular formula is C27H21F2NO4S. The molecule has 4 rings (SSSR count). The summed E-state index contributed by atoms with van der Waals surface area (Å²) >= 11 is 0. The molecule has 0 bridgehead atoms. The summed E-state index contributed by atoms with van der Waals surface area (Å²) in [7, 11) is -3.57. The highest BCUT2D eigenvalue weighted by Crippen LogP contribution is 2.23. The van der Waals surface area contributed by atoms with Crippen molar-refractivity contribution in [2.24, 2.45) is 0 Å². The molecule has 0 saturated carbocycles. The molecule has 1 amide bonds. The smallest absolute Gasteiger partial charge is 0.255 e. The molecular weight excluding hydrogens is 472 g/mol. The lowest BCUT2D eigenvalue weighted by atomic mass is 10.1. The molecule has 0 aliphatic carbocycles. The standard InChI is InChI=1S/C27H21F2NO4S/c28-22-9-5-6-19(15-22)17-34-26-13-12-23(16-25(26)29)30-27(31)21-8-4-7-20(14-21)18-35(32,33)24-10-2-1-3-11-24/h1-16H,17-18H2,(H,30,31). The lowest BCUT2D eigenvalue weighted by Crippen LogP contribution is -2.13. The van der Waals surface area contributed by atoms with E-state index in [4.69, 9.17) is 4.74 Å². The number of hydrogen-bond donors (Lipinski definition) is 1. The first-order valence-electron chi connectivity index (χ1n) is 10.6. The Balaban J connectivity index is 1.42. The summed E-state index contributed by atoms with van der Waals surface area (Å²) in [4.78, 5) is 12.9. The van der Waals surface area contributed by atoms with Crippen LogP contribution in [0.1, 0.15) is 21.5 Å². The van der Waals surface area contributed by atoms with Crippen LogP contribution >= 0.6 is 0 Å². The van der Waals surface area contributed by atoms with E-state index in [2.05, 4.69) is 5.32 Å². The Morgan fingerprint density at radius 1 is 0.800 bits per heavy atom. The number of amides is 1. The van der Waals surface area contributed by atoms with Gasteiger partial charge in [0.05, 0.1) is 10.6 Å². The van der Waals surface area contributed by atoms with Gasteiger partial charge >= 0.3 is 0 Å². The topological polar surface area (TPSA) is 72.5 Å². The fourth-order valence-corrected chi connectivity index (χ4v) is 4.78. The van der Waals surface area contributed by atoms with Gasteiger partial charge in [0.1, 0.15) is 12.4 Å². The van der Waals surface area contributed by atoms with Crippen LogP contribution in [0.25, 0.3) is 0 Å². The second-order valence-electron chi connectivity index (χ2n) is 7.79. The van der Waals surface area contributed by atoms with E-state index in [0.717, 1.165) is 6.07 Å². The summed E-state index contributed by atoms with van der Waals surface area (Å²) in [5.41, 5.74) is 1.44. The van der Waals surface area contributed by atoms with Crippen molar-refractivity contribution in [3.05, 3.63) is 125 Å². The third kappa shape index (κ3) is 6.30. The van der Waals surface area contributed by atoms with E-state index in [0.29, 0.717) is 11.1 Å². The van der Waals surface area contributed by atoms with Crippen LogP contribution in [0.15, 0.2) is 102 Å². The highest BCUT2D eigenvalue weighted by Gasteiger charge is 2.16. The molecule has 35 heavy (non-hydrogen) atoms. The summed E-state index contributed by atoms with van der Waals surface area (Å²) in [6, 6.07) is 24.1. The number of rotatable bonds is 8. The molecule has 0 aliphatic heterocycles. The Hall–Kier alpha value is -4.04. The molecule has 0 saturated heterocycles. The zero-order chi connectivity index (χ0) is 24.8. The number of sulfone groups is 1. The minimum absolute atomic E-state index is 0.0148. The maximum absolute atomic E-state index is 14.5. The first kappa shape index (κ1) is 24.1. The van der Waals surface area contributed by atoms with Gasteiger partial charge in [0.2, 0.25) is 0 Å². The summed E-state index contributed by atoms with van der Waals surface area (Å²) in [6.07, 6.45) is 0. The molecule has 4 aromatic carbocycles. The molecule has 4 aromatic rings. The maximum atomic E-state index is 14.5. The van der Waals surface area contributed by atoms with Crippen molar-refractivity contribution in [2.75, 3.05) is 5.32 Å². The van der Waals surface area contributed by atoms with Gasteiger partial charge in [-0.1, -0.05) is 42.5 Å². The molecule has 0 atom stereocenters. The number of carbonyl (C=O) groups excluding carboxylic acids is 1. The van der Waals surface area contributed by atoms with Crippen molar-refractivity contribution in [1.29, 1.82) is 0 Å². The second kappa shape index (κ2) is 10.5. The zero-order valence-electron chi connectivity index (χ0n) is 18.4. The molecule has 0 fully saturated rings. The highest BCUT2D eigenvalue weighted by molar-refractivity contribution is 7.90. The van der Waals surface area contributed by atoms with Crippen LogP contribution in [-0.2, 0) is 22.2 Å². The van der Waals surface area contributed by atoms with Crippen molar-refractivity contribution < 1.29 is 26.7 Å². The third-order valence-electron chi connectivity index (χ3n) is 5.12. The first-order valence-corrected chi connectivity index (χ1v) is 12.3. The van der Waals surface area contributed by atoms with Gasteiger partial charge in [-0.2, -0.15) is 0 Å². The highest BCUT2D eigenvalue weighted by atomic mass is 32.2. The molecule has 0 unspecified atom stereocenters. The number of benzene rings is 4. The third-order valence-corrected chi connectivity index (χ3v) is 6.83. The van der Waals surface area contributed by atoms with E-state index >= 15 is 0 Å². The van der Waals surface area contributed by atoms with Gasteiger partial charge in [-0.25, -0.2) is 17.2 Å². The summed E-state index contributed by atoms with van der Waals surface area (Å²) in [5, 5.41) is 2.60. The van der Waals surface area contributed by atoms with Crippen molar-refractivity contribution in [2.45, 2.75) is 17.3 Å². The van der Waals surface area contributed by atoms with E-state index in [1.54, 1.807) is 42.5 Å². The quantitative estimate of drug-likeness (QED) is 0.338. The number of nitrogens with one attached hydrogen (secondary N) is 1. The van der Waals surface area contributed by atoms with Crippen LogP contribution in [0.2, 0.25) is 0 Å². The lowest BCUT2D eigenvalue weighted by Gasteiger charge is -2.11. The Morgan fingerprint density at radius 3 is 2.29 bits per heavy atom. The first-order chi connectivity index (χ1) is 16.8. The van der Waals surface area contributed by atoms with Crippen molar-refractivity contribution in [3.63, 3.8) is 0 Å².